The molecule has 0 bridgehead atoms. The number of fused-ring (bicyclic) bond motifs is 1. The van der Waals surface area contributed by atoms with Gasteiger partial charge in [-0.05, 0) is 29.6 Å². The molecule has 2 heterocycles. The summed E-state index contributed by atoms with van der Waals surface area (Å²) in [6.45, 7) is -0.0615. The molecule has 0 fully saturated rings. The lowest BCUT2D eigenvalue weighted by Gasteiger charge is -2.12. The highest BCUT2D eigenvalue weighted by Gasteiger charge is 2.15. The standard InChI is InChI=1S/C21H15F2N3O2S2/c22-14-7-6-13(16(23)10-14)11-24-18(27)12-30-21-25-17-8-9-29-19(17)20(28)26(21)15-4-2-1-3-5-15/h1-10H,11-12H2,(H,24,27). The third-order valence-corrected chi connectivity index (χ3v) is 6.12. The molecule has 0 aliphatic rings. The van der Waals surface area contributed by atoms with Crippen LogP contribution in [-0.4, -0.2) is 21.2 Å². The van der Waals surface area contributed by atoms with Gasteiger partial charge in [-0.1, -0.05) is 36.0 Å². The molecule has 0 atom stereocenters. The molecule has 30 heavy (non-hydrogen) atoms. The van der Waals surface area contributed by atoms with Crippen LogP contribution < -0.4 is 10.9 Å². The van der Waals surface area contributed by atoms with Crippen molar-refractivity contribution in [3.05, 3.63) is 87.5 Å². The number of carbonyl (C=O) groups is 1. The summed E-state index contributed by atoms with van der Waals surface area (Å²) >= 11 is 2.43. The van der Waals surface area contributed by atoms with Gasteiger partial charge in [0.2, 0.25) is 5.91 Å². The molecule has 0 saturated carbocycles. The number of rotatable bonds is 6. The average Bonchev–Trinajstić information content (AvgIpc) is 3.21. The first-order valence-electron chi connectivity index (χ1n) is 8.92. The van der Waals surface area contributed by atoms with E-state index in [9.17, 15) is 18.4 Å². The van der Waals surface area contributed by atoms with E-state index in [1.165, 1.54) is 22.0 Å². The first-order valence-corrected chi connectivity index (χ1v) is 10.8. The Morgan fingerprint density at radius 1 is 1.13 bits per heavy atom. The minimum Gasteiger partial charge on any atom is -0.351 e. The predicted molar refractivity (Wildman–Crippen MR) is 114 cm³/mol. The van der Waals surface area contributed by atoms with Gasteiger partial charge < -0.3 is 5.32 Å². The minimum absolute atomic E-state index is 0.0161. The Labute approximate surface area is 178 Å². The van der Waals surface area contributed by atoms with Crippen LogP contribution in [0.2, 0.25) is 0 Å². The Bertz CT molecular complexity index is 1270. The topological polar surface area (TPSA) is 64.0 Å². The first-order chi connectivity index (χ1) is 14.5. The summed E-state index contributed by atoms with van der Waals surface area (Å²) in [5, 5.41) is 4.79. The van der Waals surface area contributed by atoms with E-state index in [-0.39, 0.29) is 29.3 Å². The molecule has 0 spiro atoms. The second-order valence-electron chi connectivity index (χ2n) is 6.31. The second kappa shape index (κ2) is 8.76. The van der Waals surface area contributed by atoms with Crippen molar-refractivity contribution in [1.29, 1.82) is 0 Å². The van der Waals surface area contributed by atoms with Crippen molar-refractivity contribution in [1.82, 2.24) is 14.9 Å². The van der Waals surface area contributed by atoms with E-state index in [2.05, 4.69) is 10.3 Å². The van der Waals surface area contributed by atoms with Crippen molar-refractivity contribution >= 4 is 39.2 Å². The van der Waals surface area contributed by atoms with Gasteiger partial charge in [-0.2, -0.15) is 0 Å². The van der Waals surface area contributed by atoms with Crippen LogP contribution in [0.3, 0.4) is 0 Å². The van der Waals surface area contributed by atoms with Gasteiger partial charge in [0.15, 0.2) is 5.16 Å². The summed E-state index contributed by atoms with van der Waals surface area (Å²) in [7, 11) is 0. The van der Waals surface area contributed by atoms with Crippen molar-refractivity contribution in [2.24, 2.45) is 0 Å². The number of amides is 1. The van der Waals surface area contributed by atoms with E-state index < -0.39 is 11.6 Å². The van der Waals surface area contributed by atoms with Crippen LogP contribution in [0, 0.1) is 11.6 Å². The molecular weight excluding hydrogens is 428 g/mol. The molecule has 1 N–H and O–H groups in total. The molecule has 5 nitrogen and oxygen atoms in total. The highest BCUT2D eigenvalue weighted by atomic mass is 32.2. The fourth-order valence-corrected chi connectivity index (χ4v) is 4.44. The Balaban J connectivity index is 1.53. The second-order valence-corrected chi connectivity index (χ2v) is 8.17. The maximum Gasteiger partial charge on any atom is 0.276 e. The summed E-state index contributed by atoms with van der Waals surface area (Å²) in [5.74, 6) is -1.77. The van der Waals surface area contributed by atoms with E-state index in [0.717, 1.165) is 23.9 Å². The summed E-state index contributed by atoms with van der Waals surface area (Å²) in [5.41, 5.74) is 1.22. The zero-order valence-corrected chi connectivity index (χ0v) is 17.1. The number of thiophene rings is 1. The van der Waals surface area contributed by atoms with E-state index >= 15 is 0 Å². The molecule has 4 aromatic rings. The summed E-state index contributed by atoms with van der Waals surface area (Å²) in [6.07, 6.45) is 0. The number of hydrogen-bond acceptors (Lipinski definition) is 5. The van der Waals surface area contributed by atoms with Gasteiger partial charge in [0.05, 0.1) is 17.0 Å². The predicted octanol–water partition coefficient (Wildman–Crippen LogP) is 4.13. The summed E-state index contributed by atoms with van der Waals surface area (Å²) in [4.78, 5) is 29.8. The molecule has 2 aromatic carbocycles. The van der Waals surface area contributed by atoms with Crippen molar-refractivity contribution in [3.63, 3.8) is 0 Å². The zero-order valence-electron chi connectivity index (χ0n) is 15.5. The van der Waals surface area contributed by atoms with Crippen LogP contribution in [0.4, 0.5) is 8.78 Å². The van der Waals surface area contributed by atoms with E-state index in [1.807, 2.05) is 18.2 Å². The highest BCUT2D eigenvalue weighted by Crippen LogP contribution is 2.23. The van der Waals surface area contributed by atoms with Crippen molar-refractivity contribution in [2.45, 2.75) is 11.7 Å². The molecule has 0 saturated heterocycles. The number of nitrogens with zero attached hydrogens (tertiary/aromatic N) is 2. The number of halogens is 2. The smallest absolute Gasteiger partial charge is 0.276 e. The third-order valence-electron chi connectivity index (χ3n) is 4.29. The van der Waals surface area contributed by atoms with Crippen molar-refractivity contribution in [2.75, 3.05) is 5.75 Å². The molecule has 0 radical (unpaired) electrons. The average molecular weight is 444 g/mol. The largest absolute Gasteiger partial charge is 0.351 e. The normalized spacial score (nSPS) is 11.0. The third kappa shape index (κ3) is 4.27. The Hall–Kier alpha value is -3.04. The van der Waals surface area contributed by atoms with Gasteiger partial charge in [-0.3, -0.25) is 14.2 Å². The van der Waals surface area contributed by atoms with E-state index in [4.69, 9.17) is 0 Å². The van der Waals surface area contributed by atoms with Crippen LogP contribution in [0.15, 0.2) is 69.9 Å². The van der Waals surface area contributed by atoms with Gasteiger partial charge in [-0.25, -0.2) is 13.8 Å². The molecule has 0 unspecified atom stereocenters. The maximum atomic E-state index is 13.7. The number of aromatic nitrogens is 2. The molecule has 9 heteroatoms. The quantitative estimate of drug-likeness (QED) is 0.360. The fraction of sp³-hybridized carbons (Fsp3) is 0.0952. The lowest BCUT2D eigenvalue weighted by molar-refractivity contribution is -0.118. The Kier molecular flexibility index (Phi) is 5.91. The number of nitrogens with one attached hydrogen (secondary N) is 1. The lowest BCUT2D eigenvalue weighted by atomic mass is 10.2. The Morgan fingerprint density at radius 2 is 1.93 bits per heavy atom. The number of carbonyl (C=O) groups excluding carboxylic acids is 1. The first kappa shape index (κ1) is 20.2. The van der Waals surface area contributed by atoms with Gasteiger partial charge in [0, 0.05) is 18.2 Å². The van der Waals surface area contributed by atoms with Gasteiger partial charge in [-0.15, -0.1) is 11.3 Å². The molecule has 0 aliphatic carbocycles. The molecule has 4 rings (SSSR count). The van der Waals surface area contributed by atoms with Crippen molar-refractivity contribution in [3.8, 4) is 5.69 Å². The summed E-state index contributed by atoms with van der Waals surface area (Å²) in [6, 6.07) is 14.0. The number of benzene rings is 2. The zero-order chi connectivity index (χ0) is 21.1. The monoisotopic (exact) mass is 443 g/mol. The van der Waals surface area contributed by atoms with Crippen LogP contribution >= 0.6 is 23.1 Å². The molecular formula is C21H15F2N3O2S2. The lowest BCUT2D eigenvalue weighted by Crippen LogP contribution is -2.26. The van der Waals surface area contributed by atoms with Crippen LogP contribution in [-0.2, 0) is 11.3 Å². The van der Waals surface area contributed by atoms with Gasteiger partial charge in [0.1, 0.15) is 16.3 Å². The maximum absolute atomic E-state index is 13.7. The van der Waals surface area contributed by atoms with Crippen LogP contribution in [0.5, 0.6) is 0 Å². The fourth-order valence-electron chi connectivity index (χ4n) is 2.83. The van der Waals surface area contributed by atoms with Crippen LogP contribution in [0.1, 0.15) is 5.56 Å². The number of para-hydroxylation sites is 1. The van der Waals surface area contributed by atoms with Crippen molar-refractivity contribution < 1.29 is 13.6 Å². The van der Waals surface area contributed by atoms with Crippen LogP contribution in [0.25, 0.3) is 15.9 Å². The van der Waals surface area contributed by atoms with Gasteiger partial charge >= 0.3 is 0 Å². The minimum atomic E-state index is -0.717. The molecule has 1 amide bonds. The van der Waals surface area contributed by atoms with E-state index in [0.29, 0.717) is 21.1 Å². The number of hydrogen-bond donors (Lipinski definition) is 1. The molecule has 0 aliphatic heterocycles. The molecule has 152 valence electrons. The summed E-state index contributed by atoms with van der Waals surface area (Å²) < 4.78 is 28.7. The van der Waals surface area contributed by atoms with Gasteiger partial charge in [0.25, 0.3) is 5.56 Å². The molecule has 2 aromatic heterocycles. The Morgan fingerprint density at radius 3 is 2.70 bits per heavy atom. The SMILES string of the molecule is O=C(CSc1nc2ccsc2c(=O)n1-c1ccccc1)NCc1ccc(F)cc1F. The van der Waals surface area contributed by atoms with E-state index in [1.54, 1.807) is 23.6 Å². The number of thioether (sulfide) groups is 1. The highest BCUT2D eigenvalue weighted by molar-refractivity contribution is 7.99.